The van der Waals surface area contributed by atoms with Crippen LogP contribution in [0, 0.1) is 0 Å². The minimum Gasteiger partial charge on any atom is -0.363 e. The van der Waals surface area contributed by atoms with Crippen LogP contribution in [0.25, 0.3) is 6.08 Å². The fourth-order valence-corrected chi connectivity index (χ4v) is 4.44. The molecule has 0 saturated carbocycles. The first-order valence-corrected chi connectivity index (χ1v) is 12.4. The zero-order valence-electron chi connectivity index (χ0n) is 19.0. The second kappa shape index (κ2) is 11.9. The quantitative estimate of drug-likeness (QED) is 0.271. The number of hydrogen-bond donors (Lipinski definition) is 1. The number of aromatic nitrogens is 1. The van der Waals surface area contributed by atoms with Crippen LogP contribution in [0.15, 0.2) is 59.2 Å². The van der Waals surface area contributed by atoms with Crippen molar-refractivity contribution in [3.8, 4) is 0 Å². The van der Waals surface area contributed by atoms with Crippen LogP contribution in [-0.2, 0) is 6.54 Å². The third-order valence-electron chi connectivity index (χ3n) is 5.16. The van der Waals surface area contributed by atoms with Crippen LogP contribution in [0.5, 0.6) is 0 Å². The van der Waals surface area contributed by atoms with Crippen molar-refractivity contribution in [3.05, 3.63) is 96.5 Å². The molecule has 1 N–H and O–H groups in total. The van der Waals surface area contributed by atoms with Gasteiger partial charge in [-0.05, 0) is 63.0 Å². The summed E-state index contributed by atoms with van der Waals surface area (Å²) in [7, 11) is 3.76. The topological polar surface area (TPSA) is 45.2 Å². The van der Waals surface area contributed by atoms with Crippen molar-refractivity contribution in [1.29, 1.82) is 0 Å². The van der Waals surface area contributed by atoms with Gasteiger partial charge in [0.1, 0.15) is 5.82 Å². The van der Waals surface area contributed by atoms with Gasteiger partial charge >= 0.3 is 6.18 Å². The molecule has 0 aliphatic rings. The SMILES string of the molecule is CN(C)c1ccc(CNC(=O)c2ccc(/C=C/C(c3cc(Cl)c(Cl)c(Cl)c3)C(F)(F)F)cc2Br)cn1. The van der Waals surface area contributed by atoms with Crippen molar-refractivity contribution in [1.82, 2.24) is 10.3 Å². The number of nitrogens with one attached hydrogen (secondary N) is 1. The molecule has 3 aromatic rings. The van der Waals surface area contributed by atoms with E-state index in [1.165, 1.54) is 12.1 Å². The Morgan fingerprint density at radius 2 is 1.78 bits per heavy atom. The predicted octanol–water partition coefficient (Wildman–Crippen LogP) is 8.16. The molecule has 36 heavy (non-hydrogen) atoms. The van der Waals surface area contributed by atoms with Gasteiger partial charge in [0.25, 0.3) is 5.91 Å². The lowest BCUT2D eigenvalue weighted by Crippen LogP contribution is -2.23. The largest absolute Gasteiger partial charge is 0.399 e. The van der Waals surface area contributed by atoms with Gasteiger partial charge in [-0.15, -0.1) is 0 Å². The number of allylic oxidation sites excluding steroid dienone is 1. The molecule has 4 nitrogen and oxygen atoms in total. The summed E-state index contributed by atoms with van der Waals surface area (Å²) in [5.41, 5.74) is 1.49. The number of carbonyl (C=O) groups excluding carboxylic acids is 1. The molecule has 2 aromatic carbocycles. The fourth-order valence-electron chi connectivity index (χ4n) is 3.25. The van der Waals surface area contributed by atoms with Crippen molar-refractivity contribution < 1.29 is 18.0 Å². The number of rotatable bonds is 7. The van der Waals surface area contributed by atoms with Crippen LogP contribution in [0.4, 0.5) is 19.0 Å². The van der Waals surface area contributed by atoms with E-state index in [4.69, 9.17) is 34.8 Å². The second-order valence-corrected chi connectivity index (χ2v) is 10.1. The molecule has 3 rings (SSSR count). The Morgan fingerprint density at radius 1 is 1.11 bits per heavy atom. The van der Waals surface area contributed by atoms with Crippen LogP contribution in [0.2, 0.25) is 15.1 Å². The summed E-state index contributed by atoms with van der Waals surface area (Å²) in [5, 5.41) is 2.67. The number of benzene rings is 2. The van der Waals surface area contributed by atoms with Crippen LogP contribution in [0.3, 0.4) is 0 Å². The van der Waals surface area contributed by atoms with Gasteiger partial charge in [0.2, 0.25) is 0 Å². The van der Waals surface area contributed by atoms with Gasteiger partial charge in [0, 0.05) is 31.3 Å². The van der Waals surface area contributed by atoms with Crippen molar-refractivity contribution in [2.24, 2.45) is 0 Å². The zero-order valence-corrected chi connectivity index (χ0v) is 22.9. The average Bonchev–Trinajstić information content (AvgIpc) is 2.80. The zero-order chi connectivity index (χ0) is 26.6. The van der Waals surface area contributed by atoms with Gasteiger partial charge in [-0.25, -0.2) is 4.98 Å². The lowest BCUT2D eigenvalue weighted by molar-refractivity contribution is -0.139. The van der Waals surface area contributed by atoms with Crippen LogP contribution >= 0.6 is 50.7 Å². The summed E-state index contributed by atoms with van der Waals surface area (Å²) < 4.78 is 41.7. The minimum atomic E-state index is -4.59. The number of anilines is 1. The summed E-state index contributed by atoms with van der Waals surface area (Å²) in [6.45, 7) is 0.271. The van der Waals surface area contributed by atoms with E-state index >= 15 is 0 Å². The molecule has 1 unspecified atom stereocenters. The van der Waals surface area contributed by atoms with Crippen molar-refractivity contribution in [3.63, 3.8) is 0 Å². The average molecular weight is 622 g/mol. The standard InChI is InChI=1S/C25H20BrCl3F3N3O/c1-35(2)22-8-5-15(12-33-22)13-34-24(36)17-6-3-14(9-19(17)26)4-7-18(25(30,31)32)16-10-20(27)23(29)21(28)11-16/h3-12,18H,13H2,1-2H3,(H,34,36)/b7-4+. The first kappa shape index (κ1) is 28.3. The molecular formula is C25H20BrCl3F3N3O. The number of amides is 1. The van der Waals surface area contributed by atoms with E-state index in [2.05, 4.69) is 26.2 Å². The van der Waals surface area contributed by atoms with Gasteiger partial charge < -0.3 is 10.2 Å². The molecule has 0 spiro atoms. The summed E-state index contributed by atoms with van der Waals surface area (Å²) in [6, 6.07) is 10.6. The fraction of sp³-hybridized carbons (Fsp3) is 0.200. The molecule has 0 bridgehead atoms. The molecule has 190 valence electrons. The number of alkyl halides is 3. The molecule has 0 fully saturated rings. The highest BCUT2D eigenvalue weighted by Gasteiger charge is 2.39. The molecule has 1 amide bonds. The third kappa shape index (κ3) is 7.16. The van der Waals surface area contributed by atoms with E-state index in [1.807, 2.05) is 31.1 Å². The van der Waals surface area contributed by atoms with Crippen LogP contribution in [0.1, 0.15) is 33.0 Å². The number of hydrogen-bond acceptors (Lipinski definition) is 3. The maximum Gasteiger partial charge on any atom is 0.399 e. The second-order valence-electron chi connectivity index (χ2n) is 8.02. The smallest absolute Gasteiger partial charge is 0.363 e. The first-order chi connectivity index (χ1) is 16.9. The molecule has 1 aromatic heterocycles. The summed E-state index contributed by atoms with van der Waals surface area (Å²) in [5.74, 6) is -1.50. The lowest BCUT2D eigenvalue weighted by Gasteiger charge is -2.18. The van der Waals surface area contributed by atoms with E-state index in [9.17, 15) is 18.0 Å². The van der Waals surface area contributed by atoms with Crippen LogP contribution in [-0.4, -0.2) is 31.2 Å². The number of carbonyl (C=O) groups is 1. The molecular weight excluding hydrogens is 602 g/mol. The van der Waals surface area contributed by atoms with E-state index in [0.717, 1.165) is 29.6 Å². The summed E-state index contributed by atoms with van der Waals surface area (Å²) >= 11 is 21.1. The molecule has 0 aliphatic heterocycles. The van der Waals surface area contributed by atoms with Crippen LogP contribution < -0.4 is 10.2 Å². The van der Waals surface area contributed by atoms with E-state index in [-0.39, 0.29) is 33.1 Å². The Hall–Kier alpha value is -2.26. The third-order valence-corrected chi connectivity index (χ3v) is 7.01. The van der Waals surface area contributed by atoms with E-state index in [0.29, 0.717) is 15.6 Å². The highest BCUT2D eigenvalue weighted by atomic mass is 79.9. The number of nitrogens with zero attached hydrogens (tertiary/aromatic N) is 2. The predicted molar refractivity (Wildman–Crippen MR) is 143 cm³/mol. The molecule has 1 heterocycles. The Kier molecular flexibility index (Phi) is 9.33. The van der Waals surface area contributed by atoms with E-state index < -0.39 is 12.1 Å². The molecule has 11 heteroatoms. The van der Waals surface area contributed by atoms with Gasteiger partial charge in [0.15, 0.2) is 0 Å². The normalized spacial score (nSPS) is 12.6. The van der Waals surface area contributed by atoms with Gasteiger partial charge in [0.05, 0.1) is 26.5 Å². The maximum atomic E-state index is 13.8. The van der Waals surface area contributed by atoms with Crippen molar-refractivity contribution in [2.45, 2.75) is 18.6 Å². The summed E-state index contributed by atoms with van der Waals surface area (Å²) in [6.07, 6.45) is -0.592. The molecule has 0 radical (unpaired) electrons. The monoisotopic (exact) mass is 619 g/mol. The minimum absolute atomic E-state index is 0.00776. The summed E-state index contributed by atoms with van der Waals surface area (Å²) in [4.78, 5) is 18.8. The van der Waals surface area contributed by atoms with Crippen molar-refractivity contribution >= 4 is 68.5 Å². The van der Waals surface area contributed by atoms with E-state index in [1.54, 1.807) is 18.3 Å². The highest BCUT2D eigenvalue weighted by molar-refractivity contribution is 9.10. The highest BCUT2D eigenvalue weighted by Crippen LogP contribution is 2.41. The molecule has 0 saturated heterocycles. The maximum absolute atomic E-state index is 13.8. The van der Waals surface area contributed by atoms with Gasteiger partial charge in [-0.3, -0.25) is 4.79 Å². The molecule has 1 atom stereocenters. The Balaban J connectivity index is 1.74. The molecule has 0 aliphatic carbocycles. The lowest BCUT2D eigenvalue weighted by atomic mass is 9.97. The van der Waals surface area contributed by atoms with Crippen molar-refractivity contribution in [2.75, 3.05) is 19.0 Å². The van der Waals surface area contributed by atoms with Gasteiger partial charge in [-0.1, -0.05) is 59.1 Å². The van der Waals surface area contributed by atoms with Gasteiger partial charge in [-0.2, -0.15) is 13.2 Å². The first-order valence-electron chi connectivity index (χ1n) is 10.5. The number of halogens is 7. The Bertz CT molecular complexity index is 1260. The Morgan fingerprint density at radius 3 is 2.31 bits per heavy atom. The Labute approximate surface area is 230 Å². The number of pyridine rings is 1.